The number of hydrogen-bond donors (Lipinski definition) is 6. The molecule has 7 N–H and O–H groups in total. The van der Waals surface area contributed by atoms with E-state index >= 15 is 0 Å². The van der Waals surface area contributed by atoms with Crippen LogP contribution in [0.3, 0.4) is 0 Å². The van der Waals surface area contributed by atoms with Crippen LogP contribution in [0.15, 0.2) is 64.7 Å². The maximum Gasteiger partial charge on any atom is 0.238 e. The first-order valence-corrected chi connectivity index (χ1v) is 10.9. The number of aromatic nitrogens is 2. The molecule has 0 radical (unpaired) electrons. The number of hydrogen-bond acceptors (Lipinski definition) is 8. The highest BCUT2D eigenvalue weighted by Gasteiger charge is 2.23. The molecule has 156 valence electrons. The number of nitrogens with two attached hydrogens (primary N) is 1. The minimum atomic E-state index is -3.94. The highest BCUT2D eigenvalue weighted by molar-refractivity contribution is 7.89. The van der Waals surface area contributed by atoms with Crippen molar-refractivity contribution in [3.63, 3.8) is 0 Å². The number of aromatic amines is 1. The SMILES string of the molecule is NS(=O)(=O)c1cccc(-c2ccc(CNCCc3ccn[nH]3)cc2)c1C1=NNNN1. The van der Waals surface area contributed by atoms with E-state index in [2.05, 4.69) is 37.1 Å². The second-order valence-corrected chi connectivity index (χ2v) is 8.28. The zero-order valence-corrected chi connectivity index (χ0v) is 16.8. The van der Waals surface area contributed by atoms with E-state index in [1.54, 1.807) is 12.3 Å². The maximum atomic E-state index is 12.1. The van der Waals surface area contributed by atoms with Crippen LogP contribution in [0.5, 0.6) is 0 Å². The number of hydrazone groups is 1. The number of nitrogens with one attached hydrogen (secondary N) is 5. The molecular weight excluding hydrogens is 404 g/mol. The van der Waals surface area contributed by atoms with Crippen LogP contribution < -0.4 is 27.0 Å². The van der Waals surface area contributed by atoms with Crippen molar-refractivity contribution in [3.05, 3.63) is 71.5 Å². The second-order valence-electron chi connectivity index (χ2n) is 6.75. The van der Waals surface area contributed by atoms with Gasteiger partial charge in [0.15, 0.2) is 5.84 Å². The van der Waals surface area contributed by atoms with Crippen LogP contribution in [0.1, 0.15) is 16.8 Å². The number of nitrogens with zero attached hydrogens (tertiary/aromatic N) is 2. The van der Waals surface area contributed by atoms with Gasteiger partial charge in [-0.3, -0.25) is 10.5 Å². The third kappa shape index (κ3) is 4.49. The molecule has 0 spiro atoms. The molecule has 2 aromatic carbocycles. The molecule has 0 aliphatic carbocycles. The first-order valence-electron chi connectivity index (χ1n) is 9.30. The Balaban J connectivity index is 1.54. The van der Waals surface area contributed by atoms with E-state index in [1.165, 1.54) is 6.07 Å². The lowest BCUT2D eigenvalue weighted by molar-refractivity contribution is 0.577. The van der Waals surface area contributed by atoms with E-state index in [0.717, 1.165) is 36.3 Å². The molecule has 0 saturated carbocycles. The van der Waals surface area contributed by atoms with Crippen molar-refractivity contribution < 1.29 is 8.42 Å². The highest BCUT2D eigenvalue weighted by Crippen LogP contribution is 2.29. The van der Waals surface area contributed by atoms with Gasteiger partial charge >= 0.3 is 0 Å². The van der Waals surface area contributed by atoms with Gasteiger partial charge in [0, 0.05) is 37.0 Å². The predicted molar refractivity (Wildman–Crippen MR) is 113 cm³/mol. The Kier molecular flexibility index (Phi) is 5.77. The van der Waals surface area contributed by atoms with Crippen molar-refractivity contribution in [1.82, 2.24) is 32.0 Å². The molecule has 0 bridgehead atoms. The van der Waals surface area contributed by atoms with Crippen LogP contribution >= 0.6 is 0 Å². The van der Waals surface area contributed by atoms with Gasteiger partial charge in [-0.1, -0.05) is 36.4 Å². The summed E-state index contributed by atoms with van der Waals surface area (Å²) in [6, 6.07) is 14.8. The Bertz CT molecular complexity index is 1140. The van der Waals surface area contributed by atoms with Gasteiger partial charge in [-0.25, -0.2) is 19.1 Å². The van der Waals surface area contributed by atoms with E-state index < -0.39 is 10.0 Å². The first kappa shape index (κ1) is 20.0. The molecule has 0 unspecified atom stereocenters. The standard InChI is InChI=1S/C19H22N8O2S/c20-30(28,29)17-3-1-2-16(18(17)19-24-26-27-25-19)14-6-4-13(5-7-14)12-21-10-8-15-9-11-22-23-15/h1-7,9,11,21,26-27H,8,10,12H2,(H,22,23)(H,24,25)(H2,20,28,29). The number of amidine groups is 1. The van der Waals surface area contributed by atoms with Crippen LogP contribution in [0, 0.1) is 0 Å². The summed E-state index contributed by atoms with van der Waals surface area (Å²) in [5.41, 5.74) is 12.2. The minimum Gasteiger partial charge on any atom is -0.312 e. The van der Waals surface area contributed by atoms with E-state index in [4.69, 9.17) is 5.14 Å². The maximum absolute atomic E-state index is 12.1. The highest BCUT2D eigenvalue weighted by atomic mass is 32.2. The molecule has 4 rings (SSSR count). The number of benzene rings is 2. The van der Waals surface area contributed by atoms with Crippen molar-refractivity contribution in [1.29, 1.82) is 0 Å². The summed E-state index contributed by atoms with van der Waals surface area (Å²) in [4.78, 5) is 0.00120. The Morgan fingerprint density at radius 2 is 1.90 bits per heavy atom. The smallest absolute Gasteiger partial charge is 0.238 e. The second kappa shape index (κ2) is 8.63. The number of hydrazine groups is 2. The Morgan fingerprint density at radius 1 is 1.07 bits per heavy atom. The molecule has 0 amide bonds. The first-order chi connectivity index (χ1) is 14.5. The summed E-state index contributed by atoms with van der Waals surface area (Å²) in [5.74, 6) is 0.346. The number of rotatable bonds is 8. The van der Waals surface area contributed by atoms with E-state index in [1.807, 2.05) is 36.4 Å². The lowest BCUT2D eigenvalue weighted by Gasteiger charge is -2.14. The molecule has 1 aromatic heterocycles. The molecular formula is C19H22N8O2S. The summed E-state index contributed by atoms with van der Waals surface area (Å²) in [7, 11) is -3.94. The molecule has 10 nitrogen and oxygen atoms in total. The van der Waals surface area contributed by atoms with Gasteiger partial charge in [0.2, 0.25) is 10.0 Å². The summed E-state index contributed by atoms with van der Waals surface area (Å²) < 4.78 is 24.2. The lowest BCUT2D eigenvalue weighted by Crippen LogP contribution is -2.36. The average molecular weight is 427 g/mol. The zero-order chi connectivity index (χ0) is 21.0. The van der Waals surface area contributed by atoms with Crippen molar-refractivity contribution in [2.24, 2.45) is 10.2 Å². The molecule has 0 saturated heterocycles. The monoisotopic (exact) mass is 426 g/mol. The molecule has 2 heterocycles. The summed E-state index contributed by atoms with van der Waals surface area (Å²) in [6.45, 7) is 1.55. The van der Waals surface area contributed by atoms with Crippen molar-refractivity contribution >= 4 is 15.9 Å². The van der Waals surface area contributed by atoms with Gasteiger partial charge in [-0.05, 0) is 28.8 Å². The fourth-order valence-corrected chi connectivity index (χ4v) is 4.01. The van der Waals surface area contributed by atoms with Crippen LogP contribution in [0.25, 0.3) is 11.1 Å². The third-order valence-electron chi connectivity index (χ3n) is 4.70. The summed E-state index contributed by atoms with van der Waals surface area (Å²) >= 11 is 0. The van der Waals surface area contributed by atoms with Gasteiger partial charge in [0.1, 0.15) is 0 Å². The topological polar surface area (TPSA) is 149 Å². The third-order valence-corrected chi connectivity index (χ3v) is 5.65. The van der Waals surface area contributed by atoms with Crippen LogP contribution in [0.4, 0.5) is 0 Å². The predicted octanol–water partition coefficient (Wildman–Crippen LogP) is 0.330. The molecule has 3 aromatic rings. The van der Waals surface area contributed by atoms with Gasteiger partial charge in [0.25, 0.3) is 0 Å². The van der Waals surface area contributed by atoms with Gasteiger partial charge < -0.3 is 5.32 Å². The van der Waals surface area contributed by atoms with Gasteiger partial charge in [-0.15, -0.1) is 10.6 Å². The van der Waals surface area contributed by atoms with E-state index in [9.17, 15) is 8.42 Å². The van der Waals surface area contributed by atoms with E-state index in [0.29, 0.717) is 17.0 Å². The fourth-order valence-electron chi connectivity index (χ4n) is 3.25. The quantitative estimate of drug-likeness (QED) is 0.284. The van der Waals surface area contributed by atoms with Gasteiger partial charge in [-0.2, -0.15) is 5.10 Å². The average Bonchev–Trinajstić information content (AvgIpc) is 3.45. The number of H-pyrrole nitrogens is 1. The zero-order valence-electron chi connectivity index (χ0n) is 16.0. The lowest BCUT2D eigenvalue weighted by atomic mass is 9.98. The van der Waals surface area contributed by atoms with Gasteiger partial charge in [0.05, 0.1) is 4.90 Å². The summed E-state index contributed by atoms with van der Waals surface area (Å²) in [6.07, 6.45) is 2.62. The number of primary sulfonamides is 1. The van der Waals surface area contributed by atoms with Crippen LogP contribution in [-0.2, 0) is 23.0 Å². The Hall–Kier alpha value is -3.25. The van der Waals surface area contributed by atoms with E-state index in [-0.39, 0.29) is 4.90 Å². The Labute approximate surface area is 174 Å². The largest absolute Gasteiger partial charge is 0.312 e. The fraction of sp³-hybridized carbons (Fsp3) is 0.158. The molecule has 0 fully saturated rings. The Morgan fingerprint density at radius 3 is 2.57 bits per heavy atom. The summed E-state index contributed by atoms with van der Waals surface area (Å²) in [5, 5.41) is 19.8. The minimum absolute atomic E-state index is 0.00120. The van der Waals surface area contributed by atoms with Crippen molar-refractivity contribution in [2.45, 2.75) is 17.9 Å². The van der Waals surface area contributed by atoms with Crippen LogP contribution in [0.2, 0.25) is 0 Å². The molecule has 1 aliphatic rings. The molecule has 30 heavy (non-hydrogen) atoms. The van der Waals surface area contributed by atoms with Crippen molar-refractivity contribution in [2.75, 3.05) is 6.54 Å². The van der Waals surface area contributed by atoms with Crippen LogP contribution in [-0.4, -0.2) is 31.0 Å². The molecule has 1 aliphatic heterocycles. The molecule has 11 heteroatoms. The van der Waals surface area contributed by atoms with Crippen molar-refractivity contribution in [3.8, 4) is 11.1 Å². The normalized spacial score (nSPS) is 13.6. The number of sulfonamides is 1. The molecule has 0 atom stereocenters.